The van der Waals surface area contributed by atoms with Crippen molar-refractivity contribution in [3.63, 3.8) is 0 Å². The SMILES string of the molecule is COCCCC(N)C(=O)Nc1cccc(/C=C/C(=O)O)c1. The van der Waals surface area contributed by atoms with E-state index in [0.29, 0.717) is 30.7 Å². The maximum atomic E-state index is 11.9. The number of ether oxygens (including phenoxy) is 1. The molecule has 0 fully saturated rings. The third kappa shape index (κ3) is 6.69. The predicted molar refractivity (Wildman–Crippen MR) is 80.8 cm³/mol. The molecule has 0 saturated heterocycles. The summed E-state index contributed by atoms with van der Waals surface area (Å²) in [6, 6.07) is 6.27. The second-order valence-electron chi connectivity index (χ2n) is 4.53. The number of carbonyl (C=O) groups excluding carboxylic acids is 1. The lowest BCUT2D eigenvalue weighted by Crippen LogP contribution is -2.35. The fraction of sp³-hybridized carbons (Fsp3) is 0.333. The first kappa shape index (κ1) is 16.9. The summed E-state index contributed by atoms with van der Waals surface area (Å²) < 4.78 is 4.91. The third-order valence-corrected chi connectivity index (χ3v) is 2.77. The molecule has 21 heavy (non-hydrogen) atoms. The van der Waals surface area contributed by atoms with Gasteiger partial charge >= 0.3 is 5.97 Å². The maximum Gasteiger partial charge on any atom is 0.328 e. The number of carbonyl (C=O) groups is 2. The highest BCUT2D eigenvalue weighted by Gasteiger charge is 2.13. The highest BCUT2D eigenvalue weighted by atomic mass is 16.5. The molecule has 114 valence electrons. The van der Waals surface area contributed by atoms with Crippen LogP contribution in [-0.2, 0) is 14.3 Å². The molecule has 1 atom stereocenters. The smallest absolute Gasteiger partial charge is 0.328 e. The molecule has 1 aromatic rings. The van der Waals surface area contributed by atoms with Gasteiger partial charge in [-0.15, -0.1) is 0 Å². The van der Waals surface area contributed by atoms with E-state index in [9.17, 15) is 9.59 Å². The van der Waals surface area contributed by atoms with Crippen LogP contribution in [0.1, 0.15) is 18.4 Å². The lowest BCUT2D eigenvalue weighted by molar-refractivity contribution is -0.131. The Morgan fingerprint density at radius 1 is 1.48 bits per heavy atom. The van der Waals surface area contributed by atoms with E-state index in [1.54, 1.807) is 31.4 Å². The van der Waals surface area contributed by atoms with Crippen LogP contribution < -0.4 is 11.1 Å². The van der Waals surface area contributed by atoms with Gasteiger partial charge in [0, 0.05) is 25.5 Å². The number of hydrogen-bond acceptors (Lipinski definition) is 4. The Morgan fingerprint density at radius 2 is 2.24 bits per heavy atom. The second-order valence-corrected chi connectivity index (χ2v) is 4.53. The largest absolute Gasteiger partial charge is 0.478 e. The van der Waals surface area contributed by atoms with Crippen molar-refractivity contribution in [1.82, 2.24) is 0 Å². The standard InChI is InChI=1S/C15H20N2O4/c1-21-9-3-6-13(16)15(20)17-12-5-2-4-11(10-12)7-8-14(18)19/h2,4-5,7-8,10,13H,3,6,9,16H2,1H3,(H,17,20)(H,18,19)/b8-7+. The van der Waals surface area contributed by atoms with Crippen molar-refractivity contribution in [3.05, 3.63) is 35.9 Å². The Bertz CT molecular complexity index is 514. The third-order valence-electron chi connectivity index (χ3n) is 2.77. The minimum Gasteiger partial charge on any atom is -0.478 e. The zero-order chi connectivity index (χ0) is 15.7. The molecule has 1 amide bonds. The summed E-state index contributed by atoms with van der Waals surface area (Å²) in [7, 11) is 1.60. The minimum absolute atomic E-state index is 0.273. The van der Waals surface area contributed by atoms with E-state index in [0.717, 1.165) is 6.08 Å². The Morgan fingerprint density at radius 3 is 2.90 bits per heavy atom. The zero-order valence-electron chi connectivity index (χ0n) is 11.9. The van der Waals surface area contributed by atoms with Gasteiger partial charge in [-0.2, -0.15) is 0 Å². The number of nitrogens with one attached hydrogen (secondary N) is 1. The van der Waals surface area contributed by atoms with Gasteiger partial charge < -0.3 is 20.9 Å². The van der Waals surface area contributed by atoms with Gasteiger partial charge in [0.25, 0.3) is 0 Å². The molecule has 0 spiro atoms. The predicted octanol–water partition coefficient (Wildman–Crippen LogP) is 1.48. The van der Waals surface area contributed by atoms with E-state index >= 15 is 0 Å². The number of nitrogens with two attached hydrogens (primary N) is 1. The molecule has 0 aliphatic carbocycles. The van der Waals surface area contributed by atoms with Crippen molar-refractivity contribution < 1.29 is 19.4 Å². The first-order valence-electron chi connectivity index (χ1n) is 6.59. The normalized spacial score (nSPS) is 12.3. The number of benzene rings is 1. The Balaban J connectivity index is 2.59. The van der Waals surface area contributed by atoms with Gasteiger partial charge in [-0.1, -0.05) is 12.1 Å². The number of hydrogen-bond donors (Lipinski definition) is 3. The average molecular weight is 292 g/mol. The van der Waals surface area contributed by atoms with Gasteiger partial charge in [0.15, 0.2) is 0 Å². The minimum atomic E-state index is -1.02. The van der Waals surface area contributed by atoms with Crippen molar-refractivity contribution in [2.75, 3.05) is 19.0 Å². The highest BCUT2D eigenvalue weighted by molar-refractivity contribution is 5.95. The van der Waals surface area contributed by atoms with Gasteiger partial charge in [0.2, 0.25) is 5.91 Å². The molecule has 0 bridgehead atoms. The number of carboxylic acid groups (broad SMARTS) is 1. The number of anilines is 1. The fourth-order valence-electron chi connectivity index (χ4n) is 1.70. The molecule has 6 heteroatoms. The molecule has 0 aliphatic heterocycles. The Labute approximate surface area is 123 Å². The van der Waals surface area contributed by atoms with Gasteiger partial charge in [-0.25, -0.2) is 4.79 Å². The quantitative estimate of drug-likeness (QED) is 0.497. The van der Waals surface area contributed by atoms with Crippen LogP contribution in [0.4, 0.5) is 5.69 Å². The molecule has 1 aromatic carbocycles. The number of methoxy groups -OCH3 is 1. The van der Waals surface area contributed by atoms with Crippen LogP contribution in [0.15, 0.2) is 30.3 Å². The number of amides is 1. The molecule has 1 unspecified atom stereocenters. The molecule has 1 rings (SSSR count). The average Bonchev–Trinajstić information content (AvgIpc) is 2.45. The van der Waals surface area contributed by atoms with E-state index in [4.69, 9.17) is 15.6 Å². The van der Waals surface area contributed by atoms with Gasteiger partial charge in [0.1, 0.15) is 0 Å². The summed E-state index contributed by atoms with van der Waals surface area (Å²) >= 11 is 0. The molecule has 0 radical (unpaired) electrons. The molecule has 6 nitrogen and oxygen atoms in total. The lowest BCUT2D eigenvalue weighted by atomic mass is 10.1. The van der Waals surface area contributed by atoms with Crippen molar-refractivity contribution in [3.8, 4) is 0 Å². The summed E-state index contributed by atoms with van der Waals surface area (Å²) in [4.78, 5) is 22.4. The zero-order valence-corrected chi connectivity index (χ0v) is 11.9. The first-order valence-corrected chi connectivity index (χ1v) is 6.59. The van der Waals surface area contributed by atoms with Gasteiger partial charge in [0.05, 0.1) is 6.04 Å². The van der Waals surface area contributed by atoms with Crippen LogP contribution in [0.5, 0.6) is 0 Å². The van der Waals surface area contributed by atoms with E-state index in [-0.39, 0.29) is 5.91 Å². The van der Waals surface area contributed by atoms with E-state index in [2.05, 4.69) is 5.32 Å². The first-order chi connectivity index (χ1) is 10.0. The fourth-order valence-corrected chi connectivity index (χ4v) is 1.70. The van der Waals surface area contributed by atoms with Crippen molar-refractivity contribution in [2.24, 2.45) is 5.73 Å². The second kappa shape index (κ2) is 8.89. The molecule has 4 N–H and O–H groups in total. The van der Waals surface area contributed by atoms with Crippen LogP contribution in [0, 0.1) is 0 Å². The van der Waals surface area contributed by atoms with Crippen LogP contribution in [0.3, 0.4) is 0 Å². The van der Waals surface area contributed by atoms with Crippen molar-refractivity contribution >= 4 is 23.6 Å². The number of aliphatic carboxylic acids is 1. The van der Waals surface area contributed by atoms with Crippen LogP contribution in [0.2, 0.25) is 0 Å². The Hall–Kier alpha value is -2.18. The summed E-state index contributed by atoms with van der Waals surface area (Å²) in [6.45, 7) is 0.566. The van der Waals surface area contributed by atoms with E-state index in [1.165, 1.54) is 6.08 Å². The number of rotatable bonds is 8. The van der Waals surface area contributed by atoms with E-state index in [1.807, 2.05) is 0 Å². The van der Waals surface area contributed by atoms with Crippen LogP contribution in [0.25, 0.3) is 6.08 Å². The van der Waals surface area contributed by atoms with Crippen LogP contribution >= 0.6 is 0 Å². The van der Waals surface area contributed by atoms with Crippen molar-refractivity contribution in [1.29, 1.82) is 0 Å². The van der Waals surface area contributed by atoms with E-state index < -0.39 is 12.0 Å². The summed E-state index contributed by atoms with van der Waals surface area (Å²) in [5.74, 6) is -1.30. The Kier molecular flexibility index (Phi) is 7.14. The summed E-state index contributed by atoms with van der Waals surface area (Å²) in [5.41, 5.74) is 7.04. The van der Waals surface area contributed by atoms with Crippen LogP contribution in [-0.4, -0.2) is 36.7 Å². The maximum absolute atomic E-state index is 11.9. The molecule has 0 aromatic heterocycles. The summed E-state index contributed by atoms with van der Waals surface area (Å²) in [6.07, 6.45) is 3.75. The van der Waals surface area contributed by atoms with Crippen molar-refractivity contribution in [2.45, 2.75) is 18.9 Å². The molecular weight excluding hydrogens is 272 g/mol. The topological polar surface area (TPSA) is 102 Å². The molecule has 0 saturated carbocycles. The molecule has 0 heterocycles. The monoisotopic (exact) mass is 292 g/mol. The summed E-state index contributed by atoms with van der Waals surface area (Å²) in [5, 5.41) is 11.3. The molecule has 0 aliphatic rings. The number of carboxylic acids is 1. The highest BCUT2D eigenvalue weighted by Crippen LogP contribution is 2.12. The van der Waals surface area contributed by atoms with Gasteiger partial charge in [-0.3, -0.25) is 4.79 Å². The molecular formula is C15H20N2O4. The lowest BCUT2D eigenvalue weighted by Gasteiger charge is -2.12. The van der Waals surface area contributed by atoms with Gasteiger partial charge in [-0.05, 0) is 36.6 Å².